The van der Waals surface area contributed by atoms with Crippen molar-refractivity contribution in [2.45, 2.75) is 39.2 Å². The molecule has 1 heterocycles. The van der Waals surface area contributed by atoms with E-state index in [9.17, 15) is 19.8 Å². The first-order chi connectivity index (χ1) is 16.9. The van der Waals surface area contributed by atoms with Crippen molar-refractivity contribution in [3.8, 4) is 11.5 Å². The lowest BCUT2D eigenvalue weighted by molar-refractivity contribution is -0.132. The van der Waals surface area contributed by atoms with Crippen LogP contribution in [0.2, 0.25) is 5.02 Å². The van der Waals surface area contributed by atoms with Gasteiger partial charge in [-0.05, 0) is 59.4 Å². The van der Waals surface area contributed by atoms with E-state index >= 15 is 0 Å². The van der Waals surface area contributed by atoms with Crippen LogP contribution in [0.25, 0.3) is 5.76 Å². The molecule has 1 amide bonds. The molecular formula is C29H28ClNO5. The number of halogens is 1. The topological polar surface area (TPSA) is 87.1 Å². The van der Waals surface area contributed by atoms with Gasteiger partial charge in [0.25, 0.3) is 11.7 Å². The highest BCUT2D eigenvalue weighted by Gasteiger charge is 2.47. The largest absolute Gasteiger partial charge is 0.507 e. The van der Waals surface area contributed by atoms with Gasteiger partial charge in [-0.3, -0.25) is 14.5 Å². The minimum atomic E-state index is -0.979. The number of ether oxygens (including phenoxy) is 1. The number of benzene rings is 3. The van der Waals surface area contributed by atoms with E-state index in [-0.39, 0.29) is 27.5 Å². The quantitative estimate of drug-likeness (QED) is 0.247. The summed E-state index contributed by atoms with van der Waals surface area (Å²) in [4.78, 5) is 28.2. The van der Waals surface area contributed by atoms with Crippen LogP contribution in [-0.2, 0) is 15.0 Å². The standard InChI is InChI=1S/C29H28ClNO5/c1-16-9-11-18(29(2,3)4)14-21(16)26(33)24-25(17-10-12-23(32)22(30)13-17)31(28(35)27(24)34)19-7-6-8-20(15-19)36-5/h6-15,25,32-33H,1-5H3/b26-24+. The first-order valence-electron chi connectivity index (χ1n) is 11.5. The molecule has 1 fully saturated rings. The van der Waals surface area contributed by atoms with Gasteiger partial charge < -0.3 is 14.9 Å². The molecule has 0 bridgehead atoms. The van der Waals surface area contributed by atoms with Crippen molar-refractivity contribution in [1.82, 2.24) is 0 Å². The number of methoxy groups -OCH3 is 1. The number of carbonyl (C=O) groups excluding carboxylic acids is 2. The molecule has 3 aromatic carbocycles. The van der Waals surface area contributed by atoms with E-state index in [1.54, 1.807) is 30.3 Å². The summed E-state index contributed by atoms with van der Waals surface area (Å²) in [5, 5.41) is 21.6. The fraction of sp³-hybridized carbons (Fsp3) is 0.241. The van der Waals surface area contributed by atoms with Crippen LogP contribution in [0.15, 0.2) is 66.2 Å². The van der Waals surface area contributed by atoms with Crippen LogP contribution in [0, 0.1) is 6.92 Å². The summed E-state index contributed by atoms with van der Waals surface area (Å²) in [6, 6.07) is 16.0. The van der Waals surface area contributed by atoms with Crippen molar-refractivity contribution < 1.29 is 24.5 Å². The summed E-state index contributed by atoms with van der Waals surface area (Å²) in [5.74, 6) is -1.50. The van der Waals surface area contributed by atoms with Crippen molar-refractivity contribution >= 4 is 34.7 Å². The number of Topliss-reactive ketones (excluding diaryl/α,β-unsaturated/α-hetero) is 1. The Bertz CT molecular complexity index is 1400. The van der Waals surface area contributed by atoms with Crippen molar-refractivity contribution in [3.63, 3.8) is 0 Å². The van der Waals surface area contributed by atoms with Gasteiger partial charge in [0, 0.05) is 17.3 Å². The predicted octanol–water partition coefficient (Wildman–Crippen LogP) is 6.29. The van der Waals surface area contributed by atoms with E-state index in [2.05, 4.69) is 20.8 Å². The van der Waals surface area contributed by atoms with Gasteiger partial charge in [-0.1, -0.05) is 56.6 Å². The number of amides is 1. The number of carbonyl (C=O) groups is 2. The van der Waals surface area contributed by atoms with Gasteiger partial charge in [0.2, 0.25) is 0 Å². The van der Waals surface area contributed by atoms with Crippen LogP contribution in [0.3, 0.4) is 0 Å². The lowest BCUT2D eigenvalue weighted by Gasteiger charge is -2.26. The summed E-state index contributed by atoms with van der Waals surface area (Å²) < 4.78 is 5.32. The zero-order valence-electron chi connectivity index (χ0n) is 20.8. The number of anilines is 1. The van der Waals surface area contributed by atoms with Crippen LogP contribution < -0.4 is 9.64 Å². The average molecular weight is 506 g/mol. The Morgan fingerprint density at radius 2 is 1.75 bits per heavy atom. The van der Waals surface area contributed by atoms with Crippen LogP contribution in [-0.4, -0.2) is 29.0 Å². The lowest BCUT2D eigenvalue weighted by atomic mass is 9.84. The molecule has 36 heavy (non-hydrogen) atoms. The Morgan fingerprint density at radius 3 is 2.39 bits per heavy atom. The van der Waals surface area contributed by atoms with Gasteiger partial charge >= 0.3 is 0 Å². The SMILES string of the molecule is COc1cccc(N2C(=O)C(=O)/C(=C(/O)c3cc(C(C)(C)C)ccc3C)C2c2ccc(O)c(Cl)c2)c1. The highest BCUT2D eigenvalue weighted by Crippen LogP contribution is 2.44. The van der Waals surface area contributed by atoms with Gasteiger partial charge in [-0.25, -0.2) is 0 Å². The molecule has 1 unspecified atom stereocenters. The van der Waals surface area contributed by atoms with Crippen molar-refractivity contribution in [2.24, 2.45) is 0 Å². The Labute approximate surface area is 215 Å². The molecule has 0 saturated carbocycles. The maximum atomic E-state index is 13.5. The third-order valence-electron chi connectivity index (χ3n) is 6.42. The van der Waals surface area contributed by atoms with E-state index in [1.165, 1.54) is 24.1 Å². The Morgan fingerprint density at radius 1 is 1.03 bits per heavy atom. The van der Waals surface area contributed by atoms with E-state index in [4.69, 9.17) is 16.3 Å². The predicted molar refractivity (Wildman–Crippen MR) is 141 cm³/mol. The maximum Gasteiger partial charge on any atom is 0.300 e. The van der Waals surface area contributed by atoms with Gasteiger partial charge in [0.15, 0.2) is 0 Å². The van der Waals surface area contributed by atoms with E-state index < -0.39 is 17.7 Å². The lowest BCUT2D eigenvalue weighted by Crippen LogP contribution is -2.29. The summed E-state index contributed by atoms with van der Waals surface area (Å²) in [6.07, 6.45) is 0. The second kappa shape index (κ2) is 9.36. The summed E-state index contributed by atoms with van der Waals surface area (Å²) in [7, 11) is 1.51. The summed E-state index contributed by atoms with van der Waals surface area (Å²) >= 11 is 6.21. The van der Waals surface area contributed by atoms with E-state index in [0.29, 0.717) is 22.6 Å². The first kappa shape index (κ1) is 25.3. The van der Waals surface area contributed by atoms with Gasteiger partial charge in [-0.15, -0.1) is 0 Å². The highest BCUT2D eigenvalue weighted by molar-refractivity contribution is 6.51. The highest BCUT2D eigenvalue weighted by atomic mass is 35.5. The minimum Gasteiger partial charge on any atom is -0.507 e. The van der Waals surface area contributed by atoms with Crippen molar-refractivity contribution in [1.29, 1.82) is 0 Å². The van der Waals surface area contributed by atoms with Crippen molar-refractivity contribution in [3.05, 3.63) is 93.5 Å². The number of phenols is 1. The number of hydrogen-bond acceptors (Lipinski definition) is 5. The molecule has 2 N–H and O–H groups in total. The molecule has 1 saturated heterocycles. The van der Waals surface area contributed by atoms with Crippen LogP contribution >= 0.6 is 11.6 Å². The van der Waals surface area contributed by atoms with Gasteiger partial charge in [0.1, 0.15) is 17.3 Å². The molecule has 186 valence electrons. The smallest absolute Gasteiger partial charge is 0.300 e. The molecule has 1 atom stereocenters. The second-order valence-electron chi connectivity index (χ2n) is 9.86. The number of aryl methyl sites for hydroxylation is 1. The van der Waals surface area contributed by atoms with Crippen LogP contribution in [0.1, 0.15) is 49.1 Å². The third-order valence-corrected chi connectivity index (χ3v) is 6.72. The molecule has 7 heteroatoms. The number of nitrogens with zero attached hydrogens (tertiary/aromatic N) is 1. The Hall–Kier alpha value is -3.77. The maximum absolute atomic E-state index is 13.5. The minimum absolute atomic E-state index is 0.0567. The number of phenolic OH excluding ortho intramolecular Hbond substituents is 1. The van der Waals surface area contributed by atoms with Gasteiger partial charge in [-0.2, -0.15) is 0 Å². The number of rotatable bonds is 4. The number of aromatic hydroxyl groups is 1. The number of hydrogen-bond donors (Lipinski definition) is 2. The molecule has 0 spiro atoms. The molecule has 1 aliphatic heterocycles. The molecule has 1 aliphatic rings. The molecule has 0 radical (unpaired) electrons. The molecule has 0 aliphatic carbocycles. The van der Waals surface area contributed by atoms with Crippen LogP contribution in [0.5, 0.6) is 11.5 Å². The fourth-order valence-corrected chi connectivity index (χ4v) is 4.55. The van der Waals surface area contributed by atoms with E-state index in [1.807, 2.05) is 25.1 Å². The number of ketones is 1. The molecular weight excluding hydrogens is 478 g/mol. The monoisotopic (exact) mass is 505 g/mol. The van der Waals surface area contributed by atoms with Crippen LogP contribution in [0.4, 0.5) is 5.69 Å². The van der Waals surface area contributed by atoms with Gasteiger partial charge in [0.05, 0.1) is 23.7 Å². The zero-order valence-corrected chi connectivity index (χ0v) is 21.6. The fourth-order valence-electron chi connectivity index (χ4n) is 4.36. The number of aliphatic hydroxyl groups is 1. The number of aliphatic hydroxyl groups excluding tert-OH is 1. The Kier molecular flexibility index (Phi) is 6.58. The second-order valence-corrected chi connectivity index (χ2v) is 10.3. The normalized spacial score (nSPS) is 17.5. The summed E-state index contributed by atoms with van der Waals surface area (Å²) in [6.45, 7) is 8.01. The first-order valence-corrected chi connectivity index (χ1v) is 11.9. The third kappa shape index (κ3) is 4.44. The molecule has 0 aromatic heterocycles. The van der Waals surface area contributed by atoms with E-state index in [0.717, 1.165) is 11.1 Å². The average Bonchev–Trinajstić information content (AvgIpc) is 3.10. The molecule has 4 rings (SSSR count). The summed E-state index contributed by atoms with van der Waals surface area (Å²) in [5.41, 5.74) is 2.84. The molecule has 6 nitrogen and oxygen atoms in total. The Balaban J connectivity index is 2.00. The zero-order chi connectivity index (χ0) is 26.4. The van der Waals surface area contributed by atoms with Crippen molar-refractivity contribution in [2.75, 3.05) is 12.0 Å². The molecule has 3 aromatic rings.